The average Bonchev–Trinajstić information content (AvgIpc) is 3.53. The number of hydrogen-bond acceptors (Lipinski definition) is 6. The Balaban J connectivity index is 1.40. The number of aromatic amines is 1. The fraction of sp³-hybridized carbons (Fsp3) is 0.214. The molecule has 2 heterocycles. The molecule has 3 aromatic carbocycles. The van der Waals surface area contributed by atoms with Gasteiger partial charge in [0, 0.05) is 6.54 Å². The lowest BCUT2D eigenvalue weighted by atomic mass is 10.2. The molecule has 9 heteroatoms. The molecule has 0 aliphatic carbocycles. The fourth-order valence-electron chi connectivity index (χ4n) is 4.18. The van der Waals surface area contributed by atoms with E-state index in [-0.39, 0.29) is 11.5 Å². The number of para-hydroxylation sites is 2. The van der Waals surface area contributed by atoms with Crippen LogP contribution in [0.2, 0.25) is 0 Å². The molecule has 0 saturated heterocycles. The van der Waals surface area contributed by atoms with Gasteiger partial charge in [-0.05, 0) is 35.1 Å². The van der Waals surface area contributed by atoms with E-state index in [0.29, 0.717) is 38.0 Å². The summed E-state index contributed by atoms with van der Waals surface area (Å²) in [6.07, 6.45) is -0.599. The van der Waals surface area contributed by atoms with Crippen molar-refractivity contribution in [2.75, 3.05) is 6.61 Å². The Hall–Kier alpha value is -4.34. The third kappa shape index (κ3) is 5.58. The topological polar surface area (TPSA) is 108 Å². The van der Waals surface area contributed by atoms with Crippen LogP contribution < -0.4 is 0 Å². The Morgan fingerprint density at radius 2 is 1.57 bits per heavy atom. The van der Waals surface area contributed by atoms with Gasteiger partial charge < -0.3 is 24.2 Å². The van der Waals surface area contributed by atoms with Gasteiger partial charge in [-0.2, -0.15) is 4.98 Å². The van der Waals surface area contributed by atoms with E-state index in [1.807, 2.05) is 89.5 Å². The number of benzene rings is 3. The second-order valence-corrected chi connectivity index (χ2v) is 8.63. The van der Waals surface area contributed by atoms with Gasteiger partial charge in [0.05, 0.1) is 30.9 Å². The Labute approximate surface area is 213 Å². The number of H-pyrrole nitrogens is 1. The zero-order valence-electron chi connectivity index (χ0n) is 20.4. The standard InChI is InChI=1S/C28H27N5O4/c1-20(37-19-22-12-6-3-7-13-22)25-27(33(34)35)31-26(30-25)28-29-23-14-8-9-15-24(23)32(28)16-17-36-18-21-10-4-2-5-11-21/h2-15,20H,16-19H2,1H3,(H,30,31). The number of rotatable bonds is 11. The molecule has 0 aliphatic rings. The first-order chi connectivity index (χ1) is 18.1. The highest BCUT2D eigenvalue weighted by atomic mass is 16.6. The molecule has 1 atom stereocenters. The summed E-state index contributed by atoms with van der Waals surface area (Å²) in [7, 11) is 0. The number of fused-ring (bicyclic) bond motifs is 1. The normalized spacial score (nSPS) is 12.1. The van der Waals surface area contributed by atoms with E-state index >= 15 is 0 Å². The van der Waals surface area contributed by atoms with Gasteiger partial charge in [-0.25, -0.2) is 9.97 Å². The quantitative estimate of drug-likeness (QED) is 0.140. The lowest BCUT2D eigenvalue weighted by Gasteiger charge is -2.10. The van der Waals surface area contributed by atoms with Crippen LogP contribution in [-0.4, -0.2) is 31.0 Å². The molecule has 188 valence electrons. The third-order valence-electron chi connectivity index (χ3n) is 6.06. The summed E-state index contributed by atoms with van der Waals surface area (Å²) in [5.41, 5.74) is 3.97. The van der Waals surface area contributed by atoms with Gasteiger partial charge in [-0.1, -0.05) is 72.8 Å². The Bertz CT molecular complexity index is 1480. The largest absolute Gasteiger partial charge is 0.375 e. The van der Waals surface area contributed by atoms with Crippen LogP contribution in [0.1, 0.15) is 29.8 Å². The monoisotopic (exact) mass is 497 g/mol. The number of ether oxygens (including phenoxy) is 2. The van der Waals surface area contributed by atoms with Crippen LogP contribution in [0, 0.1) is 10.1 Å². The van der Waals surface area contributed by atoms with Crippen molar-refractivity contribution in [3.05, 3.63) is 112 Å². The zero-order chi connectivity index (χ0) is 25.6. The molecule has 5 rings (SSSR count). The van der Waals surface area contributed by atoms with Crippen LogP contribution in [0.4, 0.5) is 5.82 Å². The van der Waals surface area contributed by atoms with Crippen molar-refractivity contribution in [2.45, 2.75) is 32.8 Å². The first-order valence-corrected chi connectivity index (χ1v) is 12.1. The average molecular weight is 498 g/mol. The van der Waals surface area contributed by atoms with Crippen molar-refractivity contribution < 1.29 is 14.4 Å². The van der Waals surface area contributed by atoms with Crippen molar-refractivity contribution in [1.29, 1.82) is 0 Å². The minimum Gasteiger partial charge on any atom is -0.375 e. The van der Waals surface area contributed by atoms with E-state index in [9.17, 15) is 10.1 Å². The highest BCUT2D eigenvalue weighted by Crippen LogP contribution is 2.31. The molecule has 0 fully saturated rings. The third-order valence-corrected chi connectivity index (χ3v) is 6.06. The fourth-order valence-corrected chi connectivity index (χ4v) is 4.18. The molecule has 0 bridgehead atoms. The van der Waals surface area contributed by atoms with Crippen molar-refractivity contribution in [1.82, 2.24) is 19.5 Å². The molecular formula is C28H27N5O4. The molecule has 0 spiro atoms. The van der Waals surface area contributed by atoms with Crippen molar-refractivity contribution in [2.24, 2.45) is 0 Å². The second kappa shape index (κ2) is 11.2. The molecule has 2 aromatic heterocycles. The predicted octanol–water partition coefficient (Wildman–Crippen LogP) is 5.83. The van der Waals surface area contributed by atoms with Crippen LogP contribution in [0.25, 0.3) is 22.7 Å². The number of aromatic nitrogens is 4. The van der Waals surface area contributed by atoms with Gasteiger partial charge in [0.25, 0.3) is 5.82 Å². The lowest BCUT2D eigenvalue weighted by Crippen LogP contribution is -2.08. The summed E-state index contributed by atoms with van der Waals surface area (Å²) < 4.78 is 13.8. The van der Waals surface area contributed by atoms with E-state index in [1.54, 1.807) is 6.92 Å². The van der Waals surface area contributed by atoms with Gasteiger partial charge in [0.1, 0.15) is 6.10 Å². The molecular weight excluding hydrogens is 470 g/mol. The molecule has 0 saturated carbocycles. The minimum atomic E-state index is -0.599. The minimum absolute atomic E-state index is 0.200. The molecule has 9 nitrogen and oxygen atoms in total. The van der Waals surface area contributed by atoms with Crippen LogP contribution in [-0.2, 0) is 29.2 Å². The molecule has 0 aliphatic heterocycles. The molecule has 1 unspecified atom stereocenters. The van der Waals surface area contributed by atoms with E-state index in [0.717, 1.165) is 22.2 Å². The first-order valence-electron chi connectivity index (χ1n) is 12.1. The summed E-state index contributed by atoms with van der Waals surface area (Å²) in [4.78, 5) is 23.6. The first kappa shape index (κ1) is 24.4. The van der Waals surface area contributed by atoms with Gasteiger partial charge in [0.15, 0.2) is 5.69 Å². The van der Waals surface area contributed by atoms with Crippen LogP contribution >= 0.6 is 0 Å². The number of nitro groups is 1. The number of imidazole rings is 2. The van der Waals surface area contributed by atoms with Gasteiger partial charge in [-0.15, -0.1) is 0 Å². The summed E-state index contributed by atoms with van der Waals surface area (Å²) in [6, 6.07) is 27.3. The van der Waals surface area contributed by atoms with Crippen LogP contribution in [0.15, 0.2) is 84.9 Å². The maximum absolute atomic E-state index is 11.9. The highest BCUT2D eigenvalue weighted by molar-refractivity contribution is 5.79. The van der Waals surface area contributed by atoms with E-state index in [1.165, 1.54) is 0 Å². The smallest absolute Gasteiger partial charge is 0.347 e. The maximum atomic E-state index is 11.9. The van der Waals surface area contributed by atoms with Crippen molar-refractivity contribution in [3.63, 3.8) is 0 Å². The predicted molar refractivity (Wildman–Crippen MR) is 140 cm³/mol. The van der Waals surface area contributed by atoms with Crippen LogP contribution in [0.5, 0.6) is 0 Å². The van der Waals surface area contributed by atoms with Crippen molar-refractivity contribution in [3.8, 4) is 11.6 Å². The Morgan fingerprint density at radius 1 is 0.919 bits per heavy atom. The summed E-state index contributed by atoms with van der Waals surface area (Å²) in [5.74, 6) is 0.625. The maximum Gasteiger partial charge on any atom is 0.347 e. The Kier molecular flexibility index (Phi) is 7.34. The summed E-state index contributed by atoms with van der Waals surface area (Å²) in [5, 5.41) is 11.9. The molecule has 1 N–H and O–H groups in total. The van der Waals surface area contributed by atoms with Gasteiger partial charge in [0.2, 0.25) is 5.82 Å². The molecule has 0 radical (unpaired) electrons. The lowest BCUT2D eigenvalue weighted by molar-refractivity contribution is -0.390. The Morgan fingerprint density at radius 3 is 2.27 bits per heavy atom. The highest BCUT2D eigenvalue weighted by Gasteiger charge is 2.28. The molecule has 0 amide bonds. The number of nitrogens with one attached hydrogen (secondary N) is 1. The zero-order valence-corrected chi connectivity index (χ0v) is 20.4. The van der Waals surface area contributed by atoms with Crippen LogP contribution in [0.3, 0.4) is 0 Å². The van der Waals surface area contributed by atoms with E-state index in [2.05, 4.69) is 9.97 Å². The molecule has 37 heavy (non-hydrogen) atoms. The van der Waals surface area contributed by atoms with Crippen molar-refractivity contribution >= 4 is 16.9 Å². The van der Waals surface area contributed by atoms with E-state index < -0.39 is 11.0 Å². The second-order valence-electron chi connectivity index (χ2n) is 8.63. The van der Waals surface area contributed by atoms with Gasteiger partial charge >= 0.3 is 5.82 Å². The number of hydrogen-bond donors (Lipinski definition) is 1. The molecule has 5 aromatic rings. The summed E-state index contributed by atoms with van der Waals surface area (Å²) in [6.45, 7) is 3.52. The summed E-state index contributed by atoms with van der Waals surface area (Å²) >= 11 is 0. The van der Waals surface area contributed by atoms with E-state index in [4.69, 9.17) is 14.5 Å². The van der Waals surface area contributed by atoms with Gasteiger partial charge in [-0.3, -0.25) is 0 Å². The SMILES string of the molecule is CC(OCc1ccccc1)c1nc(-c2nc3ccccc3n2CCOCc2ccccc2)[nH]c1[N+](=O)[O-]. The number of nitrogens with zero attached hydrogens (tertiary/aromatic N) is 4.